The maximum absolute atomic E-state index is 11.7. The normalized spacial score (nSPS) is 9.70. The molecule has 4 nitrogen and oxygen atoms in total. The molecule has 0 radical (unpaired) electrons. The lowest BCUT2D eigenvalue weighted by atomic mass is 10.1. The summed E-state index contributed by atoms with van der Waals surface area (Å²) in [6.07, 6.45) is 0. The van der Waals surface area contributed by atoms with Crippen LogP contribution in [0.2, 0.25) is 0 Å². The highest BCUT2D eigenvalue weighted by molar-refractivity contribution is 5.93. The van der Waals surface area contributed by atoms with Gasteiger partial charge in [-0.05, 0) is 49.3 Å². The predicted molar refractivity (Wildman–Crippen MR) is 76.6 cm³/mol. The lowest BCUT2D eigenvalue weighted by molar-refractivity contribution is 0.0526. The molecule has 106 valence electrons. The number of rotatable bonds is 6. The molecule has 0 fully saturated rings. The van der Waals surface area contributed by atoms with Gasteiger partial charge in [0.25, 0.3) is 0 Å². The lowest BCUT2D eigenvalue weighted by Gasteiger charge is -2.06. The third-order valence-electron chi connectivity index (χ3n) is 2.26. The minimum atomic E-state index is -0.449. The second-order valence-electron chi connectivity index (χ2n) is 4.64. The van der Waals surface area contributed by atoms with Crippen LogP contribution in [0, 0.1) is 0 Å². The summed E-state index contributed by atoms with van der Waals surface area (Å²) < 4.78 is 10.0. The Hall–Kier alpha value is -2.36. The van der Waals surface area contributed by atoms with Crippen molar-refractivity contribution < 1.29 is 19.1 Å². The first kappa shape index (κ1) is 15.7. The Morgan fingerprint density at radius 2 is 1.15 bits per heavy atom. The van der Waals surface area contributed by atoms with Gasteiger partial charge in [-0.25, -0.2) is 9.59 Å². The average molecular weight is 274 g/mol. The van der Waals surface area contributed by atoms with Crippen molar-refractivity contribution in [2.45, 2.75) is 13.8 Å². The smallest absolute Gasteiger partial charge is 0.338 e. The molecule has 0 amide bonds. The standard InChI is InChI=1S/C16H18O4/c1-11(2)9-19-15(17)13-5-7-14(8-6-13)16(18)20-10-12(3)4/h5-8H,1,3,9-10H2,2,4H3. The first-order valence-electron chi connectivity index (χ1n) is 6.13. The van der Waals surface area contributed by atoms with Crippen LogP contribution in [0.1, 0.15) is 34.6 Å². The minimum absolute atomic E-state index is 0.182. The fourth-order valence-electron chi connectivity index (χ4n) is 1.29. The zero-order chi connectivity index (χ0) is 15.1. The average Bonchev–Trinajstić information content (AvgIpc) is 2.42. The molecule has 0 aromatic heterocycles. The van der Waals surface area contributed by atoms with Gasteiger partial charge >= 0.3 is 11.9 Å². The van der Waals surface area contributed by atoms with Gasteiger partial charge in [-0.3, -0.25) is 0 Å². The summed E-state index contributed by atoms with van der Waals surface area (Å²) >= 11 is 0. The molecule has 0 bridgehead atoms. The van der Waals surface area contributed by atoms with E-state index in [-0.39, 0.29) is 13.2 Å². The molecule has 0 aliphatic carbocycles. The number of esters is 2. The Balaban J connectivity index is 2.63. The fourth-order valence-corrected chi connectivity index (χ4v) is 1.29. The van der Waals surface area contributed by atoms with E-state index in [1.54, 1.807) is 13.8 Å². The van der Waals surface area contributed by atoms with Crippen LogP contribution in [0.25, 0.3) is 0 Å². The zero-order valence-electron chi connectivity index (χ0n) is 11.8. The first-order chi connectivity index (χ1) is 9.40. The van der Waals surface area contributed by atoms with Crippen molar-refractivity contribution in [3.63, 3.8) is 0 Å². The molecule has 0 aliphatic heterocycles. The van der Waals surface area contributed by atoms with Gasteiger partial charge in [0.05, 0.1) is 11.1 Å². The third-order valence-corrected chi connectivity index (χ3v) is 2.26. The van der Waals surface area contributed by atoms with Crippen LogP contribution in [0.3, 0.4) is 0 Å². The third kappa shape index (κ3) is 5.10. The molecule has 0 heterocycles. The van der Waals surface area contributed by atoms with Gasteiger partial charge in [0, 0.05) is 0 Å². The van der Waals surface area contributed by atoms with E-state index in [9.17, 15) is 9.59 Å². The predicted octanol–water partition coefficient (Wildman–Crippen LogP) is 3.15. The van der Waals surface area contributed by atoms with Crippen molar-refractivity contribution in [1.82, 2.24) is 0 Å². The van der Waals surface area contributed by atoms with Gasteiger partial charge in [-0.1, -0.05) is 13.2 Å². The summed E-state index contributed by atoms with van der Waals surface area (Å²) in [5.41, 5.74) is 2.28. The summed E-state index contributed by atoms with van der Waals surface area (Å²) in [6, 6.07) is 6.10. The van der Waals surface area contributed by atoms with Gasteiger partial charge in [-0.15, -0.1) is 0 Å². The van der Waals surface area contributed by atoms with Crippen molar-refractivity contribution in [2.75, 3.05) is 13.2 Å². The molecule has 0 saturated carbocycles. The maximum Gasteiger partial charge on any atom is 0.338 e. The molecule has 1 aromatic rings. The molecule has 20 heavy (non-hydrogen) atoms. The van der Waals surface area contributed by atoms with Crippen LogP contribution in [-0.2, 0) is 9.47 Å². The summed E-state index contributed by atoms with van der Waals surface area (Å²) in [7, 11) is 0. The molecule has 0 aliphatic rings. The van der Waals surface area contributed by atoms with E-state index >= 15 is 0 Å². The van der Waals surface area contributed by atoms with Crippen molar-refractivity contribution >= 4 is 11.9 Å². The Kier molecular flexibility index (Phi) is 5.72. The van der Waals surface area contributed by atoms with E-state index in [0.29, 0.717) is 11.1 Å². The van der Waals surface area contributed by atoms with Gasteiger partial charge in [0.1, 0.15) is 13.2 Å². The number of carbonyl (C=O) groups excluding carboxylic acids is 2. The van der Waals surface area contributed by atoms with Gasteiger partial charge < -0.3 is 9.47 Å². The van der Waals surface area contributed by atoms with Crippen molar-refractivity contribution in [3.8, 4) is 0 Å². The molecular weight excluding hydrogens is 256 g/mol. The highest BCUT2D eigenvalue weighted by Gasteiger charge is 2.10. The molecule has 0 unspecified atom stereocenters. The molecule has 0 N–H and O–H groups in total. The van der Waals surface area contributed by atoms with Gasteiger partial charge in [0.2, 0.25) is 0 Å². The highest BCUT2D eigenvalue weighted by Crippen LogP contribution is 2.08. The number of hydrogen-bond donors (Lipinski definition) is 0. The van der Waals surface area contributed by atoms with Crippen LogP contribution >= 0.6 is 0 Å². The van der Waals surface area contributed by atoms with E-state index in [4.69, 9.17) is 9.47 Å². The number of hydrogen-bond acceptors (Lipinski definition) is 4. The molecule has 1 aromatic carbocycles. The van der Waals surface area contributed by atoms with Crippen LogP contribution < -0.4 is 0 Å². The Morgan fingerprint density at radius 1 is 0.850 bits per heavy atom. The quantitative estimate of drug-likeness (QED) is 0.590. The van der Waals surface area contributed by atoms with Crippen molar-refractivity contribution in [2.24, 2.45) is 0 Å². The molecule has 1 rings (SSSR count). The Bertz CT molecular complexity index is 477. The van der Waals surface area contributed by atoms with E-state index in [1.165, 1.54) is 24.3 Å². The number of ether oxygens (including phenoxy) is 2. The van der Waals surface area contributed by atoms with Crippen LogP contribution in [0.4, 0.5) is 0 Å². The second-order valence-corrected chi connectivity index (χ2v) is 4.64. The van der Waals surface area contributed by atoms with E-state index in [1.807, 2.05) is 0 Å². The summed E-state index contributed by atoms with van der Waals surface area (Å²) in [6.45, 7) is 11.2. The molecule has 0 atom stereocenters. The Morgan fingerprint density at radius 3 is 1.40 bits per heavy atom. The largest absolute Gasteiger partial charge is 0.458 e. The molecular formula is C16H18O4. The van der Waals surface area contributed by atoms with E-state index in [2.05, 4.69) is 13.2 Å². The fraction of sp³-hybridized carbons (Fsp3) is 0.250. The Labute approximate surface area is 118 Å². The molecule has 4 heteroatoms. The molecule has 0 saturated heterocycles. The number of benzene rings is 1. The monoisotopic (exact) mass is 274 g/mol. The topological polar surface area (TPSA) is 52.6 Å². The first-order valence-corrected chi connectivity index (χ1v) is 6.13. The summed E-state index contributed by atoms with van der Waals surface area (Å²) in [5.74, 6) is -0.898. The van der Waals surface area contributed by atoms with Crippen LogP contribution in [0.15, 0.2) is 48.6 Å². The van der Waals surface area contributed by atoms with Crippen molar-refractivity contribution in [3.05, 3.63) is 59.7 Å². The zero-order valence-corrected chi connectivity index (χ0v) is 11.8. The molecule has 0 spiro atoms. The van der Waals surface area contributed by atoms with Crippen LogP contribution in [-0.4, -0.2) is 25.2 Å². The van der Waals surface area contributed by atoms with E-state index < -0.39 is 11.9 Å². The van der Waals surface area contributed by atoms with E-state index in [0.717, 1.165) is 11.1 Å². The summed E-state index contributed by atoms with van der Waals surface area (Å²) in [5, 5.41) is 0. The summed E-state index contributed by atoms with van der Waals surface area (Å²) in [4.78, 5) is 23.3. The number of carbonyl (C=O) groups is 2. The second kappa shape index (κ2) is 7.28. The lowest BCUT2D eigenvalue weighted by Crippen LogP contribution is -2.09. The van der Waals surface area contributed by atoms with Gasteiger partial charge in [0.15, 0.2) is 0 Å². The van der Waals surface area contributed by atoms with Crippen LogP contribution in [0.5, 0.6) is 0 Å². The maximum atomic E-state index is 11.7. The SMILES string of the molecule is C=C(C)COC(=O)c1ccc(C(=O)OCC(=C)C)cc1. The minimum Gasteiger partial charge on any atom is -0.458 e. The van der Waals surface area contributed by atoms with Crippen molar-refractivity contribution in [1.29, 1.82) is 0 Å². The highest BCUT2D eigenvalue weighted by atomic mass is 16.5. The van der Waals surface area contributed by atoms with Gasteiger partial charge in [-0.2, -0.15) is 0 Å².